The number of hydrogen-bond donors (Lipinski definition) is 1. The van der Waals surface area contributed by atoms with E-state index < -0.39 is 0 Å². The molecule has 0 aromatic carbocycles. The third-order valence-corrected chi connectivity index (χ3v) is 5.67. The molecule has 0 radical (unpaired) electrons. The SMILES string of the molecule is Brc1csc(-c2noc(C3(n4cccn4)CCNCC3)n2)c1.Cl. The molecular weight excluding hydrogens is 402 g/mol. The second-order valence-corrected chi connectivity index (χ2v) is 7.11. The van der Waals surface area contributed by atoms with E-state index in [1.807, 2.05) is 28.4 Å². The van der Waals surface area contributed by atoms with Gasteiger partial charge < -0.3 is 9.84 Å². The summed E-state index contributed by atoms with van der Waals surface area (Å²) in [5.41, 5.74) is -0.353. The maximum absolute atomic E-state index is 5.64. The monoisotopic (exact) mass is 415 g/mol. The smallest absolute Gasteiger partial charge is 0.255 e. The van der Waals surface area contributed by atoms with Crippen molar-refractivity contribution in [3.8, 4) is 10.7 Å². The number of rotatable bonds is 3. The van der Waals surface area contributed by atoms with E-state index in [1.54, 1.807) is 17.5 Å². The zero-order chi connectivity index (χ0) is 15.0. The third kappa shape index (κ3) is 2.96. The Kier molecular flexibility index (Phi) is 4.86. The van der Waals surface area contributed by atoms with Crippen molar-refractivity contribution in [1.29, 1.82) is 0 Å². The Hall–Kier alpha value is -1.22. The maximum atomic E-state index is 5.64. The summed E-state index contributed by atoms with van der Waals surface area (Å²) < 4.78 is 8.62. The van der Waals surface area contributed by atoms with Gasteiger partial charge >= 0.3 is 0 Å². The minimum Gasteiger partial charge on any atom is -0.336 e. The molecule has 1 aliphatic heterocycles. The molecule has 4 rings (SSSR count). The highest BCUT2D eigenvalue weighted by Crippen LogP contribution is 2.35. The predicted molar refractivity (Wildman–Crippen MR) is 94.0 cm³/mol. The van der Waals surface area contributed by atoms with E-state index in [2.05, 4.69) is 36.5 Å². The maximum Gasteiger partial charge on any atom is 0.255 e. The van der Waals surface area contributed by atoms with Crippen LogP contribution in [-0.4, -0.2) is 33.0 Å². The Morgan fingerprint density at radius 1 is 1.35 bits per heavy atom. The van der Waals surface area contributed by atoms with Gasteiger partial charge in [-0.2, -0.15) is 10.1 Å². The van der Waals surface area contributed by atoms with Crippen molar-refractivity contribution in [2.75, 3.05) is 13.1 Å². The number of nitrogens with one attached hydrogen (secondary N) is 1. The average Bonchev–Trinajstić information content (AvgIpc) is 3.29. The number of nitrogens with zero attached hydrogens (tertiary/aromatic N) is 4. The summed E-state index contributed by atoms with van der Waals surface area (Å²) in [5, 5.41) is 14.0. The first-order chi connectivity index (χ1) is 10.8. The van der Waals surface area contributed by atoms with E-state index in [-0.39, 0.29) is 17.9 Å². The van der Waals surface area contributed by atoms with Crippen molar-refractivity contribution in [3.63, 3.8) is 0 Å². The van der Waals surface area contributed by atoms with Crippen molar-refractivity contribution in [2.45, 2.75) is 18.4 Å². The summed E-state index contributed by atoms with van der Waals surface area (Å²) in [6.07, 6.45) is 5.52. The number of halogens is 2. The van der Waals surface area contributed by atoms with Crippen LogP contribution in [0.4, 0.5) is 0 Å². The molecule has 9 heteroatoms. The van der Waals surface area contributed by atoms with Crippen LogP contribution >= 0.6 is 39.7 Å². The quantitative estimate of drug-likeness (QED) is 0.709. The standard InChI is InChI=1S/C14H14BrN5OS.ClH/c15-10-8-11(22-9-10)12-18-13(21-19-12)14(2-5-16-6-3-14)20-7-1-4-17-20;/h1,4,7-9,16H,2-3,5-6H2;1H. The Balaban J connectivity index is 0.00000156. The lowest BCUT2D eigenvalue weighted by molar-refractivity contribution is 0.172. The Morgan fingerprint density at radius 3 is 2.83 bits per heavy atom. The molecule has 0 saturated carbocycles. The van der Waals surface area contributed by atoms with Crippen LogP contribution in [0.3, 0.4) is 0 Å². The molecule has 0 atom stereocenters. The number of thiophene rings is 1. The molecule has 0 amide bonds. The van der Waals surface area contributed by atoms with Crippen LogP contribution in [0.25, 0.3) is 10.7 Å². The second-order valence-electron chi connectivity index (χ2n) is 5.28. The minimum atomic E-state index is -0.353. The number of piperidine rings is 1. The molecule has 3 aromatic rings. The second kappa shape index (κ2) is 6.72. The normalized spacial score (nSPS) is 16.9. The summed E-state index contributed by atoms with van der Waals surface area (Å²) in [6, 6.07) is 3.93. The molecule has 0 aliphatic carbocycles. The van der Waals surface area contributed by atoms with Gasteiger partial charge in [-0.3, -0.25) is 4.68 Å². The number of aromatic nitrogens is 4. The fourth-order valence-corrected chi connectivity index (χ4v) is 4.20. The molecule has 0 spiro atoms. The van der Waals surface area contributed by atoms with Gasteiger partial charge in [0.15, 0.2) is 0 Å². The van der Waals surface area contributed by atoms with E-state index in [1.165, 1.54) is 0 Å². The van der Waals surface area contributed by atoms with Crippen molar-refractivity contribution in [1.82, 2.24) is 25.2 Å². The fraction of sp³-hybridized carbons (Fsp3) is 0.357. The molecule has 1 saturated heterocycles. The van der Waals surface area contributed by atoms with Crippen LogP contribution in [0.5, 0.6) is 0 Å². The Bertz CT molecular complexity index is 766. The van der Waals surface area contributed by atoms with Gasteiger partial charge in [0.25, 0.3) is 5.89 Å². The molecule has 1 N–H and O–H groups in total. The van der Waals surface area contributed by atoms with Gasteiger partial charge in [0.1, 0.15) is 5.54 Å². The molecule has 4 heterocycles. The zero-order valence-electron chi connectivity index (χ0n) is 12.1. The van der Waals surface area contributed by atoms with Gasteiger partial charge in [0, 0.05) is 22.2 Å². The molecule has 23 heavy (non-hydrogen) atoms. The number of hydrogen-bond acceptors (Lipinski definition) is 6. The van der Waals surface area contributed by atoms with Crippen LogP contribution < -0.4 is 5.32 Å². The lowest BCUT2D eigenvalue weighted by atomic mass is 9.88. The highest BCUT2D eigenvalue weighted by atomic mass is 79.9. The Labute approximate surface area is 151 Å². The van der Waals surface area contributed by atoms with Crippen molar-refractivity contribution in [2.24, 2.45) is 0 Å². The van der Waals surface area contributed by atoms with Crippen molar-refractivity contribution >= 4 is 39.7 Å². The van der Waals surface area contributed by atoms with E-state index in [0.29, 0.717) is 11.7 Å². The molecule has 0 unspecified atom stereocenters. The van der Waals surface area contributed by atoms with Crippen LogP contribution in [-0.2, 0) is 5.54 Å². The van der Waals surface area contributed by atoms with E-state index in [9.17, 15) is 0 Å². The van der Waals surface area contributed by atoms with Gasteiger partial charge in [-0.1, -0.05) is 5.16 Å². The zero-order valence-corrected chi connectivity index (χ0v) is 15.3. The fourth-order valence-electron chi connectivity index (χ4n) is 2.85. The molecule has 1 aliphatic rings. The molecule has 1 fully saturated rings. The summed E-state index contributed by atoms with van der Waals surface area (Å²) in [4.78, 5) is 5.66. The van der Waals surface area contributed by atoms with Crippen molar-refractivity contribution in [3.05, 3.63) is 40.3 Å². The molecule has 122 valence electrons. The minimum absolute atomic E-state index is 0. The molecule has 3 aromatic heterocycles. The van der Waals surface area contributed by atoms with E-state index in [4.69, 9.17) is 4.52 Å². The summed E-state index contributed by atoms with van der Waals surface area (Å²) in [5.74, 6) is 1.27. The average molecular weight is 417 g/mol. The first kappa shape index (κ1) is 16.6. The first-order valence-corrected chi connectivity index (χ1v) is 8.75. The molecule has 6 nitrogen and oxygen atoms in total. The van der Waals surface area contributed by atoms with Gasteiger partial charge in [-0.25, -0.2) is 0 Å². The first-order valence-electron chi connectivity index (χ1n) is 7.07. The summed E-state index contributed by atoms with van der Waals surface area (Å²) >= 11 is 5.05. The van der Waals surface area contributed by atoms with Crippen LogP contribution in [0.2, 0.25) is 0 Å². The van der Waals surface area contributed by atoms with Crippen LogP contribution in [0.1, 0.15) is 18.7 Å². The molecule has 0 bridgehead atoms. The summed E-state index contributed by atoms with van der Waals surface area (Å²) in [7, 11) is 0. The van der Waals surface area contributed by atoms with Crippen molar-refractivity contribution < 1.29 is 4.52 Å². The van der Waals surface area contributed by atoms with Gasteiger partial charge in [0.2, 0.25) is 5.82 Å². The molecular formula is C14H15BrClN5OS. The van der Waals surface area contributed by atoms with Gasteiger partial charge in [-0.05, 0) is 54.0 Å². The topological polar surface area (TPSA) is 68.8 Å². The van der Waals surface area contributed by atoms with Gasteiger partial charge in [-0.15, -0.1) is 23.7 Å². The van der Waals surface area contributed by atoms with Crippen LogP contribution in [0, 0.1) is 0 Å². The highest BCUT2D eigenvalue weighted by molar-refractivity contribution is 9.10. The highest BCUT2D eigenvalue weighted by Gasteiger charge is 2.41. The lowest BCUT2D eigenvalue weighted by Gasteiger charge is -2.34. The van der Waals surface area contributed by atoms with E-state index >= 15 is 0 Å². The Morgan fingerprint density at radius 2 is 2.17 bits per heavy atom. The van der Waals surface area contributed by atoms with Gasteiger partial charge in [0.05, 0.1) is 4.88 Å². The van der Waals surface area contributed by atoms with Crippen LogP contribution in [0.15, 0.2) is 38.9 Å². The largest absolute Gasteiger partial charge is 0.336 e. The third-order valence-electron chi connectivity index (χ3n) is 3.99. The van der Waals surface area contributed by atoms with E-state index in [0.717, 1.165) is 35.3 Å². The lowest BCUT2D eigenvalue weighted by Crippen LogP contribution is -2.45. The predicted octanol–water partition coefficient (Wildman–Crippen LogP) is 3.31. The summed E-state index contributed by atoms with van der Waals surface area (Å²) in [6.45, 7) is 1.81.